The van der Waals surface area contributed by atoms with Gasteiger partial charge in [-0.15, -0.1) is 0 Å². The summed E-state index contributed by atoms with van der Waals surface area (Å²) in [4.78, 5) is 25.4. The molecule has 2 heterocycles. The molecular weight excluding hydrogens is 326 g/mol. The molecule has 24 heavy (non-hydrogen) atoms. The smallest absolute Gasteiger partial charge is 0.227 e. The van der Waals surface area contributed by atoms with Crippen LogP contribution in [0.15, 0.2) is 24.3 Å². The topological polar surface area (TPSA) is 55.8 Å². The molecule has 2 aliphatic heterocycles. The SMILES string of the molecule is CC(=O)SCC1CC(=O)N(c2ccccc2OC2CCOCC2)C1. The van der Waals surface area contributed by atoms with E-state index in [1.165, 1.54) is 11.8 Å². The van der Waals surface area contributed by atoms with E-state index in [0.29, 0.717) is 18.7 Å². The molecule has 1 aromatic carbocycles. The first-order valence-electron chi connectivity index (χ1n) is 8.40. The van der Waals surface area contributed by atoms with Gasteiger partial charge in [0.15, 0.2) is 5.12 Å². The van der Waals surface area contributed by atoms with Crippen LogP contribution in [-0.2, 0) is 14.3 Å². The van der Waals surface area contributed by atoms with Crippen LogP contribution in [0.3, 0.4) is 0 Å². The van der Waals surface area contributed by atoms with Gasteiger partial charge in [0.2, 0.25) is 5.91 Å². The molecular formula is C18H23NO4S. The van der Waals surface area contributed by atoms with Crippen molar-refractivity contribution in [2.75, 3.05) is 30.4 Å². The highest BCUT2D eigenvalue weighted by Gasteiger charge is 2.32. The van der Waals surface area contributed by atoms with Crippen LogP contribution in [0, 0.1) is 5.92 Å². The molecule has 130 valence electrons. The summed E-state index contributed by atoms with van der Waals surface area (Å²) in [6.45, 7) is 3.66. The summed E-state index contributed by atoms with van der Waals surface area (Å²) >= 11 is 1.30. The van der Waals surface area contributed by atoms with Crippen molar-refractivity contribution in [3.05, 3.63) is 24.3 Å². The van der Waals surface area contributed by atoms with Gasteiger partial charge in [-0.25, -0.2) is 0 Å². The zero-order valence-electron chi connectivity index (χ0n) is 13.9. The van der Waals surface area contributed by atoms with Gasteiger partial charge in [0.05, 0.1) is 18.9 Å². The zero-order chi connectivity index (χ0) is 16.9. The molecule has 0 spiro atoms. The van der Waals surface area contributed by atoms with Crippen LogP contribution in [0.25, 0.3) is 0 Å². The Morgan fingerprint density at radius 2 is 2.08 bits per heavy atom. The number of para-hydroxylation sites is 2. The third-order valence-electron chi connectivity index (χ3n) is 4.35. The maximum absolute atomic E-state index is 12.4. The van der Waals surface area contributed by atoms with Crippen molar-refractivity contribution in [2.24, 2.45) is 5.92 Å². The molecule has 0 aromatic heterocycles. The molecule has 1 atom stereocenters. The molecule has 6 heteroatoms. The van der Waals surface area contributed by atoms with Crippen molar-refractivity contribution in [1.82, 2.24) is 0 Å². The molecule has 1 unspecified atom stereocenters. The second-order valence-corrected chi connectivity index (χ2v) is 7.47. The third kappa shape index (κ3) is 4.30. The molecule has 5 nitrogen and oxygen atoms in total. The molecule has 1 aromatic rings. The molecule has 0 N–H and O–H groups in total. The van der Waals surface area contributed by atoms with E-state index >= 15 is 0 Å². The van der Waals surface area contributed by atoms with Crippen LogP contribution < -0.4 is 9.64 Å². The fourth-order valence-electron chi connectivity index (χ4n) is 3.11. The van der Waals surface area contributed by atoms with E-state index in [-0.39, 0.29) is 23.0 Å². The van der Waals surface area contributed by atoms with Crippen molar-refractivity contribution in [1.29, 1.82) is 0 Å². The first-order chi connectivity index (χ1) is 11.6. The summed E-state index contributed by atoms with van der Waals surface area (Å²) < 4.78 is 11.5. The maximum atomic E-state index is 12.4. The minimum absolute atomic E-state index is 0.101. The van der Waals surface area contributed by atoms with Crippen LogP contribution >= 0.6 is 11.8 Å². The minimum atomic E-state index is 0.101. The highest BCUT2D eigenvalue weighted by molar-refractivity contribution is 8.13. The first kappa shape index (κ1) is 17.3. The lowest BCUT2D eigenvalue weighted by atomic mass is 10.1. The van der Waals surface area contributed by atoms with Crippen molar-refractivity contribution in [3.8, 4) is 5.75 Å². The number of carbonyl (C=O) groups excluding carboxylic acids is 2. The summed E-state index contributed by atoms with van der Waals surface area (Å²) in [5, 5.41) is 0.101. The fourth-order valence-corrected chi connectivity index (χ4v) is 3.81. The quantitative estimate of drug-likeness (QED) is 0.818. The van der Waals surface area contributed by atoms with Gasteiger partial charge in [-0.2, -0.15) is 0 Å². The first-order valence-corrected chi connectivity index (χ1v) is 9.39. The summed E-state index contributed by atoms with van der Waals surface area (Å²) in [6.07, 6.45) is 2.38. The Morgan fingerprint density at radius 1 is 1.33 bits per heavy atom. The number of amides is 1. The Hall–Kier alpha value is -1.53. The Labute approximate surface area is 146 Å². The molecule has 0 radical (unpaired) electrons. The number of anilines is 1. The maximum Gasteiger partial charge on any atom is 0.227 e. The minimum Gasteiger partial charge on any atom is -0.488 e. The number of hydrogen-bond donors (Lipinski definition) is 0. The molecule has 0 saturated carbocycles. The van der Waals surface area contributed by atoms with E-state index in [9.17, 15) is 9.59 Å². The van der Waals surface area contributed by atoms with Gasteiger partial charge in [-0.05, 0) is 18.1 Å². The number of hydrogen-bond acceptors (Lipinski definition) is 5. The van der Waals surface area contributed by atoms with Crippen LogP contribution in [0.1, 0.15) is 26.2 Å². The number of ether oxygens (including phenoxy) is 2. The van der Waals surface area contributed by atoms with Gasteiger partial charge >= 0.3 is 0 Å². The number of rotatable bonds is 5. The van der Waals surface area contributed by atoms with Gasteiger partial charge in [-0.1, -0.05) is 23.9 Å². The second-order valence-electron chi connectivity index (χ2n) is 6.27. The van der Waals surface area contributed by atoms with E-state index in [1.54, 1.807) is 11.8 Å². The summed E-state index contributed by atoms with van der Waals surface area (Å²) in [5.41, 5.74) is 0.837. The normalized spacial score (nSPS) is 22.0. The van der Waals surface area contributed by atoms with E-state index in [4.69, 9.17) is 9.47 Å². The Balaban J connectivity index is 1.69. The van der Waals surface area contributed by atoms with Crippen molar-refractivity contribution < 1.29 is 19.1 Å². The Morgan fingerprint density at radius 3 is 2.83 bits per heavy atom. The number of carbonyl (C=O) groups is 2. The van der Waals surface area contributed by atoms with Crippen LogP contribution in [0.2, 0.25) is 0 Å². The molecule has 3 rings (SSSR count). The van der Waals surface area contributed by atoms with E-state index in [2.05, 4.69) is 0 Å². The van der Waals surface area contributed by atoms with E-state index < -0.39 is 0 Å². The molecule has 2 saturated heterocycles. The highest BCUT2D eigenvalue weighted by Crippen LogP contribution is 2.35. The average Bonchev–Trinajstić information content (AvgIpc) is 2.95. The van der Waals surface area contributed by atoms with Gasteiger partial charge in [0.25, 0.3) is 0 Å². The Kier molecular flexibility index (Phi) is 5.79. The largest absolute Gasteiger partial charge is 0.488 e. The molecule has 0 bridgehead atoms. The van der Waals surface area contributed by atoms with Gasteiger partial charge in [0, 0.05) is 38.5 Å². The van der Waals surface area contributed by atoms with E-state index in [0.717, 1.165) is 37.5 Å². The zero-order valence-corrected chi connectivity index (χ0v) is 14.7. The average molecular weight is 349 g/mol. The van der Waals surface area contributed by atoms with Gasteiger partial charge < -0.3 is 14.4 Å². The Bertz CT molecular complexity index is 600. The van der Waals surface area contributed by atoms with Crippen LogP contribution in [-0.4, -0.2) is 42.6 Å². The van der Waals surface area contributed by atoms with Crippen LogP contribution in [0.4, 0.5) is 5.69 Å². The number of benzene rings is 1. The number of nitrogens with zero attached hydrogens (tertiary/aromatic N) is 1. The van der Waals surface area contributed by atoms with Gasteiger partial charge in [-0.3, -0.25) is 9.59 Å². The van der Waals surface area contributed by atoms with E-state index in [1.807, 2.05) is 24.3 Å². The standard InChI is InChI=1S/C18H23NO4S/c1-13(20)24-12-14-10-18(21)19(11-14)16-4-2-3-5-17(16)23-15-6-8-22-9-7-15/h2-5,14-15H,6-12H2,1H3. The monoisotopic (exact) mass is 349 g/mol. The summed E-state index contributed by atoms with van der Waals surface area (Å²) in [7, 11) is 0. The second kappa shape index (κ2) is 8.03. The lowest BCUT2D eigenvalue weighted by Crippen LogP contribution is -2.29. The van der Waals surface area contributed by atoms with Crippen molar-refractivity contribution >= 4 is 28.5 Å². The number of thioether (sulfide) groups is 1. The highest BCUT2D eigenvalue weighted by atomic mass is 32.2. The summed E-state index contributed by atoms with van der Waals surface area (Å²) in [6, 6.07) is 7.72. The third-order valence-corrected chi connectivity index (χ3v) is 5.39. The predicted octanol–water partition coefficient (Wildman–Crippen LogP) is 2.88. The fraction of sp³-hybridized carbons (Fsp3) is 0.556. The van der Waals surface area contributed by atoms with Crippen LogP contribution in [0.5, 0.6) is 5.75 Å². The van der Waals surface area contributed by atoms with Gasteiger partial charge in [0.1, 0.15) is 11.9 Å². The molecule has 2 fully saturated rings. The predicted molar refractivity (Wildman–Crippen MR) is 94.5 cm³/mol. The lowest BCUT2D eigenvalue weighted by Gasteiger charge is -2.26. The van der Waals surface area contributed by atoms with Crippen molar-refractivity contribution in [2.45, 2.75) is 32.3 Å². The summed E-state index contributed by atoms with van der Waals surface area (Å²) in [5.74, 6) is 1.77. The lowest BCUT2D eigenvalue weighted by molar-refractivity contribution is -0.117. The molecule has 0 aliphatic carbocycles. The molecule has 2 aliphatic rings. The molecule has 1 amide bonds. The van der Waals surface area contributed by atoms with Crippen molar-refractivity contribution in [3.63, 3.8) is 0 Å².